The van der Waals surface area contributed by atoms with Crippen LogP contribution in [0.15, 0.2) is 33.5 Å². The van der Waals surface area contributed by atoms with E-state index in [1.54, 1.807) is 11.8 Å². The number of hydrogen-bond acceptors (Lipinski definition) is 4. The SMILES string of the molecule is CC(Oc1ccc2c(C(F)(F)F)cc(=O)oc2c1)C(=O)N1CCCCCC1. The molecule has 1 unspecified atom stereocenters. The molecule has 0 spiro atoms. The fourth-order valence-corrected chi connectivity index (χ4v) is 3.25. The summed E-state index contributed by atoms with van der Waals surface area (Å²) in [4.78, 5) is 25.8. The molecular weight excluding hydrogens is 363 g/mol. The lowest BCUT2D eigenvalue weighted by molar-refractivity contribution is -0.138. The Balaban J connectivity index is 1.83. The van der Waals surface area contributed by atoms with E-state index in [1.165, 1.54) is 18.2 Å². The monoisotopic (exact) mass is 383 g/mol. The maximum atomic E-state index is 13.1. The highest BCUT2D eigenvalue weighted by molar-refractivity contribution is 5.83. The number of hydrogen-bond donors (Lipinski definition) is 0. The molecule has 1 aromatic carbocycles. The molecule has 0 N–H and O–H groups in total. The molecule has 1 aliphatic rings. The standard InChI is InChI=1S/C19H20F3NO4/c1-12(18(25)23-8-4-2-3-5-9-23)26-13-6-7-14-15(19(20,21)22)11-17(24)27-16(14)10-13/h6-7,10-12H,2-5,8-9H2,1H3. The summed E-state index contributed by atoms with van der Waals surface area (Å²) in [7, 11) is 0. The Bertz CT molecular complexity index is 883. The molecule has 2 heterocycles. The number of likely N-dealkylation sites (tertiary alicyclic amines) is 1. The third kappa shape index (κ3) is 4.43. The molecule has 3 rings (SSSR count). The molecule has 0 bridgehead atoms. The van der Waals surface area contributed by atoms with Gasteiger partial charge in [-0.05, 0) is 31.9 Å². The van der Waals surface area contributed by atoms with Gasteiger partial charge in [-0.15, -0.1) is 0 Å². The Morgan fingerprint density at radius 3 is 2.44 bits per heavy atom. The second-order valence-electron chi connectivity index (χ2n) is 6.63. The zero-order chi connectivity index (χ0) is 19.6. The maximum absolute atomic E-state index is 13.1. The molecule has 27 heavy (non-hydrogen) atoms. The minimum Gasteiger partial charge on any atom is -0.481 e. The van der Waals surface area contributed by atoms with E-state index in [9.17, 15) is 22.8 Å². The largest absolute Gasteiger partial charge is 0.481 e. The molecule has 1 amide bonds. The van der Waals surface area contributed by atoms with Gasteiger partial charge in [-0.2, -0.15) is 13.2 Å². The van der Waals surface area contributed by atoms with Gasteiger partial charge in [-0.1, -0.05) is 12.8 Å². The molecule has 146 valence electrons. The lowest BCUT2D eigenvalue weighted by Gasteiger charge is -2.24. The van der Waals surface area contributed by atoms with Gasteiger partial charge in [0.2, 0.25) is 0 Å². The van der Waals surface area contributed by atoms with Gasteiger partial charge < -0.3 is 14.1 Å². The van der Waals surface area contributed by atoms with Gasteiger partial charge in [0.25, 0.3) is 5.91 Å². The van der Waals surface area contributed by atoms with Crippen molar-refractivity contribution in [1.29, 1.82) is 0 Å². The highest BCUT2D eigenvalue weighted by atomic mass is 19.4. The number of nitrogens with zero attached hydrogens (tertiary/aromatic N) is 1. The zero-order valence-electron chi connectivity index (χ0n) is 14.8. The van der Waals surface area contributed by atoms with Crippen molar-refractivity contribution in [3.63, 3.8) is 0 Å². The van der Waals surface area contributed by atoms with Gasteiger partial charge in [0.1, 0.15) is 11.3 Å². The number of amides is 1. The van der Waals surface area contributed by atoms with E-state index < -0.39 is 23.5 Å². The van der Waals surface area contributed by atoms with E-state index in [0.29, 0.717) is 19.2 Å². The summed E-state index contributed by atoms with van der Waals surface area (Å²) in [5.41, 5.74) is -2.39. The summed E-state index contributed by atoms with van der Waals surface area (Å²) in [6.45, 7) is 2.95. The van der Waals surface area contributed by atoms with Crippen LogP contribution in [0.4, 0.5) is 13.2 Å². The summed E-state index contributed by atoms with van der Waals surface area (Å²) in [6, 6.07) is 4.15. The Labute approximate surface area is 153 Å². The second-order valence-corrected chi connectivity index (χ2v) is 6.63. The molecule has 1 aliphatic heterocycles. The minimum atomic E-state index is -4.67. The first kappa shape index (κ1) is 19.3. The summed E-state index contributed by atoms with van der Waals surface area (Å²) in [5.74, 6) is 0.00291. The second kappa shape index (κ2) is 7.62. The first-order valence-electron chi connectivity index (χ1n) is 8.86. The lowest BCUT2D eigenvalue weighted by atomic mass is 10.1. The van der Waals surface area contributed by atoms with Gasteiger partial charge >= 0.3 is 11.8 Å². The first-order valence-corrected chi connectivity index (χ1v) is 8.86. The Hall–Kier alpha value is -2.51. The van der Waals surface area contributed by atoms with E-state index in [1.807, 2.05) is 0 Å². The number of alkyl halides is 3. The van der Waals surface area contributed by atoms with Crippen LogP contribution in [0.25, 0.3) is 11.0 Å². The molecule has 2 aromatic rings. The predicted octanol–water partition coefficient (Wildman–Crippen LogP) is 3.98. The third-order valence-electron chi connectivity index (χ3n) is 4.60. The van der Waals surface area contributed by atoms with Gasteiger partial charge in [-0.25, -0.2) is 4.79 Å². The number of rotatable bonds is 3. The van der Waals surface area contributed by atoms with Gasteiger partial charge in [0, 0.05) is 30.6 Å². The molecule has 5 nitrogen and oxygen atoms in total. The van der Waals surface area contributed by atoms with Crippen LogP contribution in [-0.4, -0.2) is 30.0 Å². The molecule has 0 aliphatic carbocycles. The van der Waals surface area contributed by atoms with Crippen LogP contribution < -0.4 is 10.4 Å². The van der Waals surface area contributed by atoms with Crippen molar-refractivity contribution in [2.75, 3.05) is 13.1 Å². The van der Waals surface area contributed by atoms with Crippen molar-refractivity contribution < 1.29 is 27.1 Å². The van der Waals surface area contributed by atoms with Crippen LogP contribution in [0.1, 0.15) is 38.2 Å². The Morgan fingerprint density at radius 1 is 1.15 bits per heavy atom. The third-order valence-corrected chi connectivity index (χ3v) is 4.60. The molecule has 8 heteroatoms. The van der Waals surface area contributed by atoms with Crippen LogP contribution in [0, 0.1) is 0 Å². The molecule has 1 atom stereocenters. The smallest absolute Gasteiger partial charge is 0.417 e. The van der Waals surface area contributed by atoms with Crippen LogP contribution >= 0.6 is 0 Å². The van der Waals surface area contributed by atoms with Gasteiger partial charge in [0.05, 0.1) is 5.56 Å². The molecule has 0 radical (unpaired) electrons. The van der Waals surface area contributed by atoms with Gasteiger partial charge in [0.15, 0.2) is 6.10 Å². The number of ether oxygens (including phenoxy) is 1. The van der Waals surface area contributed by atoms with Crippen LogP contribution in [0.3, 0.4) is 0 Å². The predicted molar refractivity (Wildman–Crippen MR) is 92.6 cm³/mol. The minimum absolute atomic E-state index is 0.164. The molecule has 1 fully saturated rings. The van der Waals surface area contributed by atoms with Crippen molar-refractivity contribution in [1.82, 2.24) is 4.90 Å². The summed E-state index contributed by atoms with van der Waals surface area (Å²) in [6.07, 6.45) is -1.40. The number of fused-ring (bicyclic) bond motifs is 1. The van der Waals surface area contributed by atoms with Gasteiger partial charge in [-0.3, -0.25) is 4.79 Å². The summed E-state index contributed by atoms with van der Waals surface area (Å²) >= 11 is 0. The van der Waals surface area contributed by atoms with Crippen LogP contribution in [0.2, 0.25) is 0 Å². The number of halogens is 3. The fourth-order valence-electron chi connectivity index (χ4n) is 3.25. The quantitative estimate of drug-likeness (QED) is 0.753. The highest BCUT2D eigenvalue weighted by Crippen LogP contribution is 2.35. The van der Waals surface area contributed by atoms with Crippen LogP contribution in [-0.2, 0) is 11.0 Å². The molecule has 1 saturated heterocycles. The summed E-state index contributed by atoms with van der Waals surface area (Å²) < 4.78 is 49.8. The summed E-state index contributed by atoms with van der Waals surface area (Å²) in [5, 5.41) is -0.235. The van der Waals surface area contributed by atoms with E-state index >= 15 is 0 Å². The van der Waals surface area contributed by atoms with Crippen LogP contribution in [0.5, 0.6) is 5.75 Å². The Kier molecular flexibility index (Phi) is 5.43. The lowest BCUT2D eigenvalue weighted by Crippen LogP contribution is -2.40. The van der Waals surface area contributed by atoms with E-state index in [-0.39, 0.29) is 22.6 Å². The average Bonchev–Trinajstić information content (AvgIpc) is 2.88. The highest BCUT2D eigenvalue weighted by Gasteiger charge is 2.34. The van der Waals surface area contributed by atoms with Crippen molar-refractivity contribution in [3.05, 3.63) is 40.2 Å². The van der Waals surface area contributed by atoms with Crippen molar-refractivity contribution in [3.8, 4) is 5.75 Å². The molecular formula is C19H20F3NO4. The van der Waals surface area contributed by atoms with E-state index in [0.717, 1.165) is 25.7 Å². The van der Waals surface area contributed by atoms with Crippen molar-refractivity contribution >= 4 is 16.9 Å². The zero-order valence-corrected chi connectivity index (χ0v) is 14.8. The number of benzene rings is 1. The van der Waals surface area contributed by atoms with E-state index in [4.69, 9.17) is 9.15 Å². The topological polar surface area (TPSA) is 59.8 Å². The van der Waals surface area contributed by atoms with Crippen molar-refractivity contribution in [2.45, 2.75) is 44.9 Å². The van der Waals surface area contributed by atoms with Crippen molar-refractivity contribution in [2.24, 2.45) is 0 Å². The van der Waals surface area contributed by atoms with E-state index in [2.05, 4.69) is 0 Å². The number of carbonyl (C=O) groups is 1. The number of carbonyl (C=O) groups excluding carboxylic acids is 1. The Morgan fingerprint density at radius 2 is 1.81 bits per heavy atom. The normalized spacial score (nSPS) is 16.8. The molecule has 1 aromatic heterocycles. The maximum Gasteiger partial charge on any atom is 0.417 e. The molecule has 0 saturated carbocycles. The fraction of sp³-hybridized carbons (Fsp3) is 0.474. The first-order chi connectivity index (χ1) is 12.8. The average molecular weight is 383 g/mol.